The number of fused-ring (bicyclic) bond motifs is 1. The lowest BCUT2D eigenvalue weighted by Gasteiger charge is -2.08. The first-order chi connectivity index (χ1) is 10.1. The second-order valence-corrected chi connectivity index (χ2v) is 5.14. The number of hydrogen-bond acceptors (Lipinski definition) is 3. The van der Waals surface area contributed by atoms with Crippen LogP contribution in [0.25, 0.3) is 10.8 Å². The Hall–Kier alpha value is -2.10. The van der Waals surface area contributed by atoms with E-state index in [9.17, 15) is 4.79 Å². The molecule has 21 heavy (non-hydrogen) atoms. The van der Waals surface area contributed by atoms with Crippen molar-refractivity contribution in [1.29, 1.82) is 0 Å². The molecule has 3 rings (SSSR count). The summed E-state index contributed by atoms with van der Waals surface area (Å²) in [5.74, 6) is -0.0402. The third-order valence-corrected chi connectivity index (χ3v) is 3.55. The van der Waals surface area contributed by atoms with Crippen molar-refractivity contribution < 1.29 is 9.53 Å². The van der Waals surface area contributed by atoms with E-state index in [-0.39, 0.29) is 0 Å². The molecule has 0 atom stereocenters. The number of halogens is 2. The number of aromatic nitrogens is 1. The second kappa shape index (κ2) is 5.72. The zero-order valence-corrected chi connectivity index (χ0v) is 12.2. The van der Waals surface area contributed by atoms with Gasteiger partial charge in [0.25, 0.3) is 0 Å². The van der Waals surface area contributed by atoms with Crippen molar-refractivity contribution in [2.45, 2.75) is 0 Å². The summed E-state index contributed by atoms with van der Waals surface area (Å²) in [5.41, 5.74) is 0.332. The molecule has 0 saturated carbocycles. The Bertz CT molecular complexity index is 816. The maximum Gasteiger partial charge on any atom is 0.345 e. The van der Waals surface area contributed by atoms with Gasteiger partial charge in [-0.05, 0) is 24.3 Å². The molecule has 0 amide bonds. The SMILES string of the molecule is O=C(Oc1ccc(Cl)c2ccccc12)c1ccc(Cl)nc1. The summed E-state index contributed by atoms with van der Waals surface area (Å²) in [6.07, 6.45) is 1.38. The molecular weight excluding hydrogens is 309 g/mol. The fraction of sp³-hybridized carbons (Fsp3) is 0. The molecule has 0 bridgehead atoms. The van der Waals surface area contributed by atoms with Crippen LogP contribution in [-0.2, 0) is 0 Å². The molecule has 0 unspecified atom stereocenters. The molecule has 0 aliphatic heterocycles. The lowest BCUT2D eigenvalue weighted by atomic mass is 10.1. The van der Waals surface area contributed by atoms with Crippen LogP contribution >= 0.6 is 23.2 Å². The Morgan fingerprint density at radius 2 is 1.71 bits per heavy atom. The van der Waals surface area contributed by atoms with Gasteiger partial charge in [0.05, 0.1) is 5.56 Å². The van der Waals surface area contributed by atoms with E-state index >= 15 is 0 Å². The zero-order chi connectivity index (χ0) is 14.8. The molecule has 0 aliphatic carbocycles. The number of nitrogens with zero attached hydrogens (tertiary/aromatic N) is 1. The molecule has 0 saturated heterocycles. The minimum Gasteiger partial charge on any atom is -0.422 e. The van der Waals surface area contributed by atoms with E-state index in [4.69, 9.17) is 27.9 Å². The molecule has 0 N–H and O–H groups in total. The maximum atomic E-state index is 12.1. The fourth-order valence-electron chi connectivity index (χ4n) is 1.98. The van der Waals surface area contributed by atoms with E-state index in [0.29, 0.717) is 21.5 Å². The van der Waals surface area contributed by atoms with Gasteiger partial charge in [-0.3, -0.25) is 0 Å². The molecule has 104 valence electrons. The van der Waals surface area contributed by atoms with Gasteiger partial charge in [-0.1, -0.05) is 47.5 Å². The van der Waals surface area contributed by atoms with Crippen LogP contribution in [0.5, 0.6) is 5.75 Å². The third-order valence-electron chi connectivity index (χ3n) is 3.00. The highest BCUT2D eigenvalue weighted by Gasteiger charge is 2.12. The molecular formula is C16H9Cl2NO2. The highest BCUT2D eigenvalue weighted by atomic mass is 35.5. The van der Waals surface area contributed by atoms with Crippen molar-refractivity contribution in [2.75, 3.05) is 0 Å². The monoisotopic (exact) mass is 317 g/mol. The van der Waals surface area contributed by atoms with E-state index in [2.05, 4.69) is 4.98 Å². The van der Waals surface area contributed by atoms with Gasteiger partial charge in [0.2, 0.25) is 0 Å². The summed E-state index contributed by atoms with van der Waals surface area (Å²) in [6.45, 7) is 0. The van der Waals surface area contributed by atoms with Gasteiger partial charge >= 0.3 is 5.97 Å². The minimum atomic E-state index is -0.494. The van der Waals surface area contributed by atoms with E-state index in [0.717, 1.165) is 10.8 Å². The van der Waals surface area contributed by atoms with Gasteiger partial charge in [0.15, 0.2) is 0 Å². The highest BCUT2D eigenvalue weighted by Crippen LogP contribution is 2.31. The van der Waals surface area contributed by atoms with E-state index in [1.807, 2.05) is 24.3 Å². The van der Waals surface area contributed by atoms with Crippen LogP contribution in [0, 0.1) is 0 Å². The van der Waals surface area contributed by atoms with Crippen molar-refractivity contribution in [3.63, 3.8) is 0 Å². The smallest absolute Gasteiger partial charge is 0.345 e. The third kappa shape index (κ3) is 2.84. The number of carbonyl (C=O) groups excluding carboxylic acids is 1. The normalized spacial score (nSPS) is 10.6. The molecule has 0 radical (unpaired) electrons. The Balaban J connectivity index is 1.97. The van der Waals surface area contributed by atoms with Crippen LogP contribution in [0.4, 0.5) is 0 Å². The van der Waals surface area contributed by atoms with Crippen LogP contribution in [0.3, 0.4) is 0 Å². The predicted molar refractivity (Wildman–Crippen MR) is 83.2 cm³/mol. The molecule has 1 heterocycles. The van der Waals surface area contributed by atoms with Crippen LogP contribution in [0.1, 0.15) is 10.4 Å². The zero-order valence-electron chi connectivity index (χ0n) is 10.7. The number of rotatable bonds is 2. The number of carbonyl (C=O) groups is 1. The van der Waals surface area contributed by atoms with E-state index < -0.39 is 5.97 Å². The summed E-state index contributed by atoms with van der Waals surface area (Å²) in [6, 6.07) is 13.9. The van der Waals surface area contributed by atoms with E-state index in [1.54, 1.807) is 18.2 Å². The number of ether oxygens (including phenoxy) is 1. The van der Waals surface area contributed by atoms with Crippen LogP contribution in [0.2, 0.25) is 10.2 Å². The maximum absolute atomic E-state index is 12.1. The average Bonchev–Trinajstić information content (AvgIpc) is 2.51. The Morgan fingerprint density at radius 3 is 2.43 bits per heavy atom. The molecule has 0 aliphatic rings. The summed E-state index contributed by atoms with van der Waals surface area (Å²) in [4.78, 5) is 16.0. The van der Waals surface area contributed by atoms with Crippen LogP contribution in [0.15, 0.2) is 54.7 Å². The van der Waals surface area contributed by atoms with Crippen molar-refractivity contribution >= 4 is 39.9 Å². The topological polar surface area (TPSA) is 39.2 Å². The van der Waals surface area contributed by atoms with Crippen LogP contribution < -0.4 is 4.74 Å². The van der Waals surface area contributed by atoms with Crippen LogP contribution in [-0.4, -0.2) is 11.0 Å². The number of benzene rings is 2. The lowest BCUT2D eigenvalue weighted by Crippen LogP contribution is -2.09. The molecule has 2 aromatic carbocycles. The summed E-state index contributed by atoms with van der Waals surface area (Å²) in [5, 5.41) is 2.54. The summed E-state index contributed by atoms with van der Waals surface area (Å²) >= 11 is 11.8. The largest absolute Gasteiger partial charge is 0.422 e. The van der Waals surface area contributed by atoms with Gasteiger partial charge in [0.1, 0.15) is 10.9 Å². The lowest BCUT2D eigenvalue weighted by molar-refractivity contribution is 0.0736. The molecule has 5 heteroatoms. The first kappa shape index (κ1) is 13.9. The van der Waals surface area contributed by atoms with Crippen molar-refractivity contribution in [3.8, 4) is 5.75 Å². The van der Waals surface area contributed by atoms with Gasteiger partial charge < -0.3 is 4.74 Å². The van der Waals surface area contributed by atoms with E-state index in [1.165, 1.54) is 12.3 Å². The first-order valence-electron chi connectivity index (χ1n) is 6.16. The van der Waals surface area contributed by atoms with Crippen molar-refractivity contribution in [2.24, 2.45) is 0 Å². The Kier molecular flexibility index (Phi) is 3.78. The molecule has 0 fully saturated rings. The van der Waals surface area contributed by atoms with Gasteiger partial charge in [-0.15, -0.1) is 0 Å². The highest BCUT2D eigenvalue weighted by molar-refractivity contribution is 6.35. The summed E-state index contributed by atoms with van der Waals surface area (Å²) in [7, 11) is 0. The second-order valence-electron chi connectivity index (χ2n) is 4.35. The Morgan fingerprint density at radius 1 is 0.952 bits per heavy atom. The first-order valence-corrected chi connectivity index (χ1v) is 6.92. The van der Waals surface area contributed by atoms with Crippen molar-refractivity contribution in [1.82, 2.24) is 4.98 Å². The number of pyridine rings is 1. The molecule has 0 spiro atoms. The number of hydrogen-bond donors (Lipinski definition) is 0. The van der Waals surface area contributed by atoms with Crippen molar-refractivity contribution in [3.05, 3.63) is 70.5 Å². The number of esters is 1. The van der Waals surface area contributed by atoms with Gasteiger partial charge in [-0.2, -0.15) is 0 Å². The predicted octanol–water partition coefficient (Wildman–Crippen LogP) is 4.76. The molecule has 3 nitrogen and oxygen atoms in total. The molecule has 3 aromatic rings. The Labute approximate surface area is 131 Å². The van der Waals surface area contributed by atoms with Gasteiger partial charge in [0, 0.05) is 22.0 Å². The fourth-order valence-corrected chi connectivity index (χ4v) is 2.32. The summed E-state index contributed by atoms with van der Waals surface area (Å²) < 4.78 is 5.43. The standard InChI is InChI=1S/C16H9Cl2NO2/c17-13-6-7-14(12-4-2-1-3-11(12)13)21-16(20)10-5-8-15(18)19-9-10/h1-9H. The average molecular weight is 318 g/mol. The quantitative estimate of drug-likeness (QED) is 0.388. The molecule has 1 aromatic heterocycles. The van der Waals surface area contributed by atoms with Gasteiger partial charge in [-0.25, -0.2) is 9.78 Å². The minimum absolute atomic E-state index is 0.323.